The summed E-state index contributed by atoms with van der Waals surface area (Å²) >= 11 is 0. The third kappa shape index (κ3) is 2.29. The molecule has 0 fully saturated rings. The van der Waals surface area contributed by atoms with Crippen LogP contribution < -0.4 is 0 Å². The Morgan fingerprint density at radius 1 is 1.26 bits per heavy atom. The lowest BCUT2D eigenvalue weighted by Gasteiger charge is -2.09. The molecule has 4 nitrogen and oxygen atoms in total. The molecular weight excluding hydrogens is 242 g/mol. The first-order chi connectivity index (χ1) is 9.06. The van der Waals surface area contributed by atoms with Crippen LogP contribution in [-0.2, 0) is 0 Å². The summed E-state index contributed by atoms with van der Waals surface area (Å²) in [5.41, 5.74) is 2.44. The molecule has 0 aliphatic heterocycles. The Balaban J connectivity index is 2.75. The molecule has 0 spiro atoms. The molecular formula is C15H15NO3. The molecule has 0 atom stereocenters. The number of hydrogen-bond acceptors (Lipinski definition) is 2. The fraction of sp³-hybridized carbons (Fsp3) is 0.200. The Morgan fingerprint density at radius 2 is 1.89 bits per heavy atom. The minimum absolute atomic E-state index is 0.00579. The van der Waals surface area contributed by atoms with E-state index in [1.54, 1.807) is 0 Å². The highest BCUT2D eigenvalue weighted by Crippen LogP contribution is 2.33. The van der Waals surface area contributed by atoms with Crippen molar-refractivity contribution >= 4 is 12.3 Å². The fourth-order valence-corrected chi connectivity index (χ4v) is 2.26. The average molecular weight is 257 g/mol. The van der Waals surface area contributed by atoms with Crippen LogP contribution in [0.1, 0.15) is 46.2 Å². The van der Waals surface area contributed by atoms with E-state index in [9.17, 15) is 14.7 Å². The monoisotopic (exact) mass is 257 g/mol. The number of carboxylic acid groups (broad SMARTS) is 1. The summed E-state index contributed by atoms with van der Waals surface area (Å²) in [4.78, 5) is 25.4. The van der Waals surface area contributed by atoms with Gasteiger partial charge in [0.15, 0.2) is 6.29 Å². The number of aromatic carboxylic acids is 1. The van der Waals surface area contributed by atoms with E-state index in [1.807, 2.05) is 44.2 Å². The van der Waals surface area contributed by atoms with Crippen molar-refractivity contribution in [2.75, 3.05) is 0 Å². The van der Waals surface area contributed by atoms with E-state index in [1.165, 1.54) is 0 Å². The zero-order chi connectivity index (χ0) is 14.0. The summed E-state index contributed by atoms with van der Waals surface area (Å²) in [6.45, 7) is 3.83. The summed E-state index contributed by atoms with van der Waals surface area (Å²) in [6.07, 6.45) is 0.557. The molecule has 0 unspecified atom stereocenters. The zero-order valence-electron chi connectivity index (χ0n) is 10.8. The molecule has 2 N–H and O–H groups in total. The predicted octanol–water partition coefficient (Wildman–Crippen LogP) is 3.32. The van der Waals surface area contributed by atoms with Crippen LogP contribution >= 0.6 is 0 Å². The fourth-order valence-electron chi connectivity index (χ4n) is 2.26. The number of carbonyl (C=O) groups excluding carboxylic acids is 1. The Morgan fingerprint density at radius 3 is 2.37 bits per heavy atom. The zero-order valence-corrected chi connectivity index (χ0v) is 10.8. The molecule has 0 aliphatic rings. The van der Waals surface area contributed by atoms with E-state index in [2.05, 4.69) is 4.98 Å². The first kappa shape index (κ1) is 13.1. The normalized spacial score (nSPS) is 10.7. The molecule has 2 rings (SSSR count). The van der Waals surface area contributed by atoms with Crippen molar-refractivity contribution in [2.45, 2.75) is 19.8 Å². The molecule has 1 heterocycles. The first-order valence-corrected chi connectivity index (χ1v) is 6.06. The van der Waals surface area contributed by atoms with Gasteiger partial charge in [-0.2, -0.15) is 0 Å². The largest absolute Gasteiger partial charge is 0.478 e. The SMILES string of the molecule is CC(C)c1c(-c2ccccc2)[nH]c(C=O)c1C(=O)O. The van der Waals surface area contributed by atoms with E-state index in [4.69, 9.17) is 0 Å². The molecule has 0 saturated carbocycles. The number of carbonyl (C=O) groups is 2. The maximum absolute atomic E-state index is 11.4. The summed E-state index contributed by atoms with van der Waals surface area (Å²) in [7, 11) is 0. The lowest BCUT2D eigenvalue weighted by atomic mass is 9.95. The van der Waals surface area contributed by atoms with E-state index in [0.29, 0.717) is 17.5 Å². The number of nitrogens with one attached hydrogen (secondary N) is 1. The lowest BCUT2D eigenvalue weighted by molar-refractivity contribution is 0.0692. The van der Waals surface area contributed by atoms with Gasteiger partial charge in [0.2, 0.25) is 0 Å². The lowest BCUT2D eigenvalue weighted by Crippen LogP contribution is -2.04. The minimum atomic E-state index is -1.08. The number of rotatable bonds is 4. The van der Waals surface area contributed by atoms with Crippen molar-refractivity contribution in [3.05, 3.63) is 47.2 Å². The molecule has 1 aromatic heterocycles. The van der Waals surface area contributed by atoms with Crippen LogP contribution in [0, 0.1) is 0 Å². The maximum Gasteiger partial charge on any atom is 0.338 e. The van der Waals surface area contributed by atoms with Crippen molar-refractivity contribution in [1.82, 2.24) is 4.98 Å². The van der Waals surface area contributed by atoms with Gasteiger partial charge in [0.1, 0.15) is 0 Å². The smallest absolute Gasteiger partial charge is 0.338 e. The second-order valence-electron chi connectivity index (χ2n) is 4.65. The van der Waals surface area contributed by atoms with Crippen molar-refractivity contribution in [1.29, 1.82) is 0 Å². The number of carboxylic acids is 1. The van der Waals surface area contributed by atoms with Gasteiger partial charge in [0.25, 0.3) is 0 Å². The molecule has 4 heteroatoms. The molecule has 1 aromatic carbocycles. The Labute approximate surface area is 111 Å². The first-order valence-electron chi connectivity index (χ1n) is 6.06. The van der Waals surface area contributed by atoms with Crippen molar-refractivity contribution in [3.63, 3.8) is 0 Å². The Kier molecular flexibility index (Phi) is 3.51. The Bertz CT molecular complexity index is 612. The summed E-state index contributed by atoms with van der Waals surface area (Å²) in [5, 5.41) is 9.31. The standard InChI is InChI=1S/C15H15NO3/c1-9(2)12-13(15(18)19)11(8-17)16-14(12)10-6-4-3-5-7-10/h3-9,16H,1-2H3,(H,18,19). The van der Waals surface area contributed by atoms with Crippen LogP contribution in [0.4, 0.5) is 0 Å². The van der Waals surface area contributed by atoms with E-state index >= 15 is 0 Å². The van der Waals surface area contributed by atoms with Gasteiger partial charge >= 0.3 is 5.97 Å². The highest BCUT2D eigenvalue weighted by Gasteiger charge is 2.24. The predicted molar refractivity (Wildman–Crippen MR) is 72.7 cm³/mol. The van der Waals surface area contributed by atoms with Gasteiger partial charge in [0, 0.05) is 0 Å². The van der Waals surface area contributed by atoms with Crippen LogP contribution in [0.25, 0.3) is 11.3 Å². The van der Waals surface area contributed by atoms with Crippen molar-refractivity contribution < 1.29 is 14.7 Å². The number of aldehydes is 1. The van der Waals surface area contributed by atoms with Crippen LogP contribution in [0.3, 0.4) is 0 Å². The van der Waals surface area contributed by atoms with Crippen molar-refractivity contribution in [3.8, 4) is 11.3 Å². The van der Waals surface area contributed by atoms with Crippen LogP contribution in [0.15, 0.2) is 30.3 Å². The van der Waals surface area contributed by atoms with Crippen molar-refractivity contribution in [2.24, 2.45) is 0 Å². The molecule has 0 bridgehead atoms. The number of aromatic amines is 1. The summed E-state index contributed by atoms with van der Waals surface area (Å²) < 4.78 is 0. The molecule has 19 heavy (non-hydrogen) atoms. The maximum atomic E-state index is 11.4. The highest BCUT2D eigenvalue weighted by molar-refractivity contribution is 6.00. The van der Waals surface area contributed by atoms with Gasteiger partial charge < -0.3 is 10.1 Å². The van der Waals surface area contributed by atoms with Gasteiger partial charge in [0.05, 0.1) is 17.0 Å². The number of hydrogen-bond donors (Lipinski definition) is 2. The molecule has 0 amide bonds. The summed E-state index contributed by atoms with van der Waals surface area (Å²) in [5.74, 6) is -1.07. The minimum Gasteiger partial charge on any atom is -0.478 e. The molecule has 0 radical (unpaired) electrons. The number of H-pyrrole nitrogens is 1. The van der Waals surface area contributed by atoms with E-state index in [-0.39, 0.29) is 17.2 Å². The number of benzene rings is 1. The summed E-state index contributed by atoms with van der Waals surface area (Å²) in [6, 6.07) is 9.42. The van der Waals surface area contributed by atoms with Crippen LogP contribution in [-0.4, -0.2) is 22.3 Å². The average Bonchev–Trinajstić information content (AvgIpc) is 2.79. The van der Waals surface area contributed by atoms with E-state index in [0.717, 1.165) is 5.56 Å². The molecule has 2 aromatic rings. The van der Waals surface area contributed by atoms with Gasteiger partial charge in [-0.3, -0.25) is 4.79 Å². The second-order valence-corrected chi connectivity index (χ2v) is 4.65. The highest BCUT2D eigenvalue weighted by atomic mass is 16.4. The van der Waals surface area contributed by atoms with Gasteiger partial charge in [-0.15, -0.1) is 0 Å². The third-order valence-corrected chi connectivity index (χ3v) is 3.04. The Hall–Kier alpha value is -2.36. The molecule has 0 saturated heterocycles. The quantitative estimate of drug-likeness (QED) is 0.825. The topological polar surface area (TPSA) is 70.2 Å². The van der Waals surface area contributed by atoms with Crippen LogP contribution in [0.5, 0.6) is 0 Å². The van der Waals surface area contributed by atoms with E-state index < -0.39 is 5.97 Å². The van der Waals surface area contributed by atoms with Crippen LogP contribution in [0.2, 0.25) is 0 Å². The van der Waals surface area contributed by atoms with Gasteiger partial charge in [-0.25, -0.2) is 4.79 Å². The number of aromatic nitrogens is 1. The third-order valence-electron chi connectivity index (χ3n) is 3.04. The second kappa shape index (κ2) is 5.10. The molecule has 98 valence electrons. The van der Waals surface area contributed by atoms with Gasteiger partial charge in [-0.1, -0.05) is 44.2 Å². The molecule has 0 aliphatic carbocycles. The van der Waals surface area contributed by atoms with Gasteiger partial charge in [-0.05, 0) is 17.0 Å².